The van der Waals surface area contributed by atoms with Crippen LogP contribution in [-0.4, -0.2) is 24.9 Å². The summed E-state index contributed by atoms with van der Waals surface area (Å²) in [6.45, 7) is 3.70. The second-order valence-corrected chi connectivity index (χ2v) is 10.6. The summed E-state index contributed by atoms with van der Waals surface area (Å²) in [5, 5.41) is 0. The molecule has 1 N–H and O–H groups in total. The molecular weight excluding hydrogens is 741 g/mol. The largest absolute Gasteiger partial charge is 0.426 e. The van der Waals surface area contributed by atoms with Gasteiger partial charge in [0.25, 0.3) is 10.1 Å². The molecule has 0 saturated heterocycles. The molecule has 29 heavy (non-hydrogen) atoms. The molecule has 0 atom stereocenters. The van der Waals surface area contributed by atoms with Gasteiger partial charge in [-0.15, -0.1) is 0 Å². The Bertz CT molecular complexity index is 1040. The van der Waals surface area contributed by atoms with Crippen LogP contribution in [0.3, 0.4) is 0 Å². The van der Waals surface area contributed by atoms with Crippen molar-refractivity contribution in [3.8, 4) is 11.5 Å². The second-order valence-electron chi connectivity index (χ2n) is 5.70. The zero-order valence-electron chi connectivity index (χ0n) is 14.5. The van der Waals surface area contributed by atoms with Crippen LogP contribution < -0.4 is 9.47 Å². The molecular formula is C18H13I3O7S. The minimum atomic E-state index is -4.39. The van der Waals surface area contributed by atoms with Gasteiger partial charge in [0.15, 0.2) is 0 Å². The third kappa shape index (κ3) is 7.76. The average molecular weight is 754 g/mol. The molecule has 0 spiro atoms. The maximum atomic E-state index is 12.1. The highest BCUT2D eigenvalue weighted by atomic mass is 127. The van der Waals surface area contributed by atoms with Gasteiger partial charge < -0.3 is 9.47 Å². The molecule has 2 aromatic rings. The van der Waals surface area contributed by atoms with Crippen molar-refractivity contribution in [2.24, 2.45) is 0 Å². The maximum Gasteiger partial charge on any atom is 0.315 e. The van der Waals surface area contributed by atoms with Crippen LogP contribution in [0.4, 0.5) is 0 Å². The van der Waals surface area contributed by atoms with Crippen molar-refractivity contribution < 1.29 is 32.0 Å². The lowest BCUT2D eigenvalue weighted by Crippen LogP contribution is -2.14. The minimum Gasteiger partial charge on any atom is -0.426 e. The predicted octanol–water partition coefficient (Wildman–Crippen LogP) is 4.59. The number of hydrogen-bond acceptors (Lipinski definition) is 6. The topological polar surface area (TPSA) is 107 Å². The van der Waals surface area contributed by atoms with Gasteiger partial charge in [-0.1, -0.05) is 12.2 Å². The zero-order valence-corrected chi connectivity index (χ0v) is 21.8. The molecule has 0 aromatic heterocycles. The smallest absolute Gasteiger partial charge is 0.315 e. The fourth-order valence-electron chi connectivity index (χ4n) is 2.15. The summed E-state index contributed by atoms with van der Waals surface area (Å²) in [6, 6.07) is 9.55. The molecule has 0 radical (unpaired) electrons. The average Bonchev–Trinajstić information content (AvgIpc) is 2.54. The lowest BCUT2D eigenvalue weighted by atomic mass is 10.1. The maximum absolute atomic E-state index is 12.1. The summed E-state index contributed by atoms with van der Waals surface area (Å²) in [6.07, 6.45) is -0.368. The van der Waals surface area contributed by atoms with E-state index in [1.165, 1.54) is 12.1 Å². The molecule has 0 aliphatic heterocycles. The highest BCUT2D eigenvalue weighted by Gasteiger charge is 2.21. The summed E-state index contributed by atoms with van der Waals surface area (Å²) in [5.41, 5.74) is 0.310. The van der Waals surface area contributed by atoms with Gasteiger partial charge in [-0.3, -0.25) is 14.1 Å². The number of halogens is 3. The van der Waals surface area contributed by atoms with Crippen LogP contribution in [0.1, 0.15) is 12.8 Å². The molecule has 0 saturated carbocycles. The van der Waals surface area contributed by atoms with Gasteiger partial charge in [-0.2, -0.15) is 8.42 Å². The van der Waals surface area contributed by atoms with Crippen LogP contribution in [0.25, 0.3) is 0 Å². The van der Waals surface area contributed by atoms with Gasteiger partial charge in [0.2, 0.25) is 0 Å². The summed E-state index contributed by atoms with van der Waals surface area (Å²) in [5.74, 6) is -0.701. The normalized spacial score (nSPS) is 11.0. The van der Waals surface area contributed by atoms with Gasteiger partial charge in [-0.05, 0) is 104 Å². The summed E-state index contributed by atoms with van der Waals surface area (Å²) >= 11 is 5.58. The highest BCUT2D eigenvalue weighted by Crippen LogP contribution is 2.29. The van der Waals surface area contributed by atoms with Crippen LogP contribution in [-0.2, 0) is 19.7 Å². The molecule has 2 aromatic carbocycles. The van der Waals surface area contributed by atoms with Crippen LogP contribution in [0.5, 0.6) is 11.5 Å². The van der Waals surface area contributed by atoms with Crippen molar-refractivity contribution >= 4 is 89.8 Å². The fraction of sp³-hybridized carbons (Fsp3) is 0.111. The SMILES string of the molecule is C=C(CC(=O)Oc1ccc(I)cc1)CC(=O)Oc1cc(I)c(S(=O)(=O)O)c(I)c1. The van der Waals surface area contributed by atoms with E-state index < -0.39 is 22.1 Å². The number of hydrogen-bond donors (Lipinski definition) is 1. The molecule has 0 aliphatic carbocycles. The van der Waals surface area contributed by atoms with Gasteiger partial charge in [0.1, 0.15) is 16.4 Å². The Morgan fingerprint density at radius 3 is 1.79 bits per heavy atom. The van der Waals surface area contributed by atoms with Crippen molar-refractivity contribution in [2.75, 3.05) is 0 Å². The first-order valence-corrected chi connectivity index (χ1v) is 12.4. The summed E-state index contributed by atoms with van der Waals surface area (Å²) < 4.78 is 43.8. The van der Waals surface area contributed by atoms with Crippen LogP contribution in [0.2, 0.25) is 0 Å². The molecule has 0 heterocycles. The minimum absolute atomic E-state index is 0.116. The quantitative estimate of drug-likeness (QED) is 0.145. The van der Waals surface area contributed by atoms with E-state index in [-0.39, 0.29) is 30.6 Å². The number of rotatable bonds is 7. The van der Waals surface area contributed by atoms with E-state index in [1.54, 1.807) is 69.4 Å². The van der Waals surface area contributed by atoms with E-state index in [2.05, 4.69) is 29.2 Å². The third-order valence-corrected chi connectivity index (χ3v) is 7.40. The summed E-state index contributed by atoms with van der Waals surface area (Å²) in [7, 11) is -4.39. The predicted molar refractivity (Wildman–Crippen MR) is 130 cm³/mol. The van der Waals surface area contributed by atoms with Gasteiger partial charge in [0, 0.05) is 10.7 Å². The van der Waals surface area contributed by atoms with E-state index in [0.717, 1.165) is 3.57 Å². The molecule has 154 valence electrons. The Morgan fingerprint density at radius 2 is 1.34 bits per heavy atom. The monoisotopic (exact) mass is 754 g/mol. The second kappa shape index (κ2) is 10.5. The molecule has 11 heteroatoms. The van der Waals surface area contributed by atoms with Crippen LogP contribution in [0, 0.1) is 10.7 Å². The number of carbonyl (C=O) groups is 2. The highest BCUT2D eigenvalue weighted by molar-refractivity contribution is 14.1. The van der Waals surface area contributed by atoms with Crippen LogP contribution in [0.15, 0.2) is 53.4 Å². The van der Waals surface area contributed by atoms with Gasteiger partial charge in [0.05, 0.1) is 12.8 Å². The van der Waals surface area contributed by atoms with Crippen molar-refractivity contribution in [3.63, 3.8) is 0 Å². The first-order chi connectivity index (χ1) is 13.5. The number of benzene rings is 2. The zero-order chi connectivity index (χ0) is 21.8. The molecule has 2 rings (SSSR count). The molecule has 0 unspecified atom stereocenters. The molecule has 0 bridgehead atoms. The van der Waals surface area contributed by atoms with Crippen molar-refractivity contribution in [3.05, 3.63) is 59.3 Å². The van der Waals surface area contributed by atoms with Crippen molar-refractivity contribution in [2.45, 2.75) is 17.7 Å². The molecule has 0 aliphatic rings. The Kier molecular flexibility index (Phi) is 8.87. The van der Waals surface area contributed by atoms with Crippen LogP contribution >= 0.6 is 67.8 Å². The molecule has 0 fully saturated rings. The lowest BCUT2D eigenvalue weighted by Gasteiger charge is -2.10. The standard InChI is InChI=1S/C18H13I3O7S/c1-10(6-16(22)27-12-4-2-11(19)3-5-12)7-17(23)28-13-8-14(20)18(15(21)9-13)29(24,25)26/h2-5,8-9H,1,6-7H2,(H,24,25,26). The summed E-state index contributed by atoms with van der Waals surface area (Å²) in [4.78, 5) is 23.8. The first-order valence-electron chi connectivity index (χ1n) is 7.76. The van der Waals surface area contributed by atoms with Crippen molar-refractivity contribution in [1.29, 1.82) is 0 Å². The number of ether oxygens (including phenoxy) is 2. The van der Waals surface area contributed by atoms with Crippen molar-refractivity contribution in [1.82, 2.24) is 0 Å². The first kappa shape index (κ1) is 24.5. The third-order valence-electron chi connectivity index (χ3n) is 3.30. The lowest BCUT2D eigenvalue weighted by molar-refractivity contribution is -0.134. The Morgan fingerprint density at radius 1 is 0.897 bits per heavy atom. The van der Waals surface area contributed by atoms with Gasteiger partial charge in [-0.25, -0.2) is 0 Å². The Hall–Kier alpha value is -0.780. The number of esters is 2. The molecule has 7 nitrogen and oxygen atoms in total. The van der Waals surface area contributed by atoms with Gasteiger partial charge >= 0.3 is 11.9 Å². The number of carbonyl (C=O) groups excluding carboxylic acids is 2. The van der Waals surface area contributed by atoms with E-state index in [9.17, 15) is 22.6 Å². The van der Waals surface area contributed by atoms with E-state index >= 15 is 0 Å². The van der Waals surface area contributed by atoms with E-state index in [1.807, 2.05) is 0 Å². The van der Waals surface area contributed by atoms with E-state index in [4.69, 9.17) is 9.47 Å². The fourth-order valence-corrected chi connectivity index (χ4v) is 6.50. The Labute approximate surface area is 208 Å². The Balaban J connectivity index is 1.94. The van der Waals surface area contributed by atoms with E-state index in [0.29, 0.717) is 11.3 Å². The molecule has 0 amide bonds.